The van der Waals surface area contributed by atoms with Crippen molar-refractivity contribution in [2.24, 2.45) is 10.7 Å². The molecule has 0 aliphatic carbocycles. The number of aromatic amines is 1. The molecule has 7 N–H and O–H groups in total. The summed E-state index contributed by atoms with van der Waals surface area (Å²) >= 11 is 0. The highest BCUT2D eigenvalue weighted by Crippen LogP contribution is 2.23. The van der Waals surface area contributed by atoms with Crippen molar-refractivity contribution in [3.63, 3.8) is 0 Å². The van der Waals surface area contributed by atoms with E-state index in [1.54, 1.807) is 13.3 Å². The Hall–Kier alpha value is -3.22. The zero-order valence-electron chi connectivity index (χ0n) is 13.5. The number of pyridine rings is 1. The minimum Gasteiger partial charge on any atom is -0.404 e. The molecule has 2 aromatic rings. The van der Waals surface area contributed by atoms with Crippen LogP contribution in [0.1, 0.15) is 17.0 Å². The van der Waals surface area contributed by atoms with Gasteiger partial charge in [0.1, 0.15) is 11.6 Å². The van der Waals surface area contributed by atoms with Crippen LogP contribution in [0, 0.1) is 0 Å². The van der Waals surface area contributed by atoms with E-state index < -0.39 is 0 Å². The van der Waals surface area contributed by atoms with Gasteiger partial charge in [0.15, 0.2) is 0 Å². The third kappa shape index (κ3) is 3.24. The molecular formula is C17H21N7. The Morgan fingerprint density at radius 2 is 2.33 bits per heavy atom. The van der Waals surface area contributed by atoms with Crippen LogP contribution in [-0.4, -0.2) is 29.8 Å². The molecule has 3 rings (SSSR count). The number of aliphatic imine (C=N–C) groups is 1. The fourth-order valence-electron chi connectivity index (χ4n) is 2.53. The first-order chi connectivity index (χ1) is 11.7. The second kappa shape index (κ2) is 6.91. The molecule has 0 aromatic carbocycles. The van der Waals surface area contributed by atoms with Crippen LogP contribution in [0.2, 0.25) is 0 Å². The lowest BCUT2D eigenvalue weighted by atomic mass is 10.2. The Kier molecular flexibility index (Phi) is 4.51. The molecule has 7 heteroatoms. The van der Waals surface area contributed by atoms with Gasteiger partial charge in [-0.3, -0.25) is 4.99 Å². The minimum atomic E-state index is 0.581. The third-order valence-corrected chi connectivity index (χ3v) is 3.71. The molecule has 0 spiro atoms. The van der Waals surface area contributed by atoms with Crippen LogP contribution in [0.3, 0.4) is 0 Å². The maximum absolute atomic E-state index is 6.02. The highest BCUT2D eigenvalue weighted by Gasteiger charge is 2.10. The number of nitrogens with zero attached hydrogens (tertiary/aromatic N) is 2. The lowest BCUT2D eigenvalue weighted by molar-refractivity contribution is 1.05. The number of anilines is 3. The van der Waals surface area contributed by atoms with Crippen molar-refractivity contribution < 1.29 is 0 Å². The number of nitrogens with two attached hydrogens (primary N) is 2. The van der Waals surface area contributed by atoms with Crippen molar-refractivity contribution in [2.45, 2.75) is 6.54 Å². The van der Waals surface area contributed by atoms with Crippen molar-refractivity contribution in [3.8, 4) is 0 Å². The number of aromatic nitrogens is 2. The van der Waals surface area contributed by atoms with Crippen molar-refractivity contribution in [1.82, 2.24) is 9.97 Å². The lowest BCUT2D eigenvalue weighted by Gasteiger charge is -2.10. The van der Waals surface area contributed by atoms with E-state index in [1.807, 2.05) is 12.1 Å². The van der Waals surface area contributed by atoms with Gasteiger partial charge in [0.05, 0.1) is 17.9 Å². The maximum Gasteiger partial charge on any atom is 0.150 e. The summed E-state index contributed by atoms with van der Waals surface area (Å²) in [7, 11) is 1.69. The fourth-order valence-corrected chi connectivity index (χ4v) is 2.53. The fraction of sp³-hybridized carbons (Fsp3) is 0.176. The van der Waals surface area contributed by atoms with Crippen LogP contribution >= 0.6 is 0 Å². The van der Waals surface area contributed by atoms with E-state index >= 15 is 0 Å². The third-order valence-electron chi connectivity index (χ3n) is 3.71. The minimum absolute atomic E-state index is 0.581. The number of fused-ring (bicyclic) bond motifs is 1. The van der Waals surface area contributed by atoms with Gasteiger partial charge in [-0.15, -0.1) is 0 Å². The summed E-state index contributed by atoms with van der Waals surface area (Å²) in [6.07, 6.45) is 7.33. The highest BCUT2D eigenvalue weighted by atomic mass is 15.0. The summed E-state index contributed by atoms with van der Waals surface area (Å²) in [6.45, 7) is 1.43. The molecule has 0 saturated heterocycles. The first kappa shape index (κ1) is 15.7. The summed E-state index contributed by atoms with van der Waals surface area (Å²) in [5.74, 6) is 1.66. The molecule has 0 unspecified atom stereocenters. The SMILES string of the molecule is CN=CC(=CN)c1ccc(N)c(NCc2cc3c([nH]2)NCC=C3)n1. The molecule has 0 bridgehead atoms. The molecule has 0 fully saturated rings. The Bertz CT molecular complexity index is 814. The van der Waals surface area contributed by atoms with Crippen LogP contribution in [0.15, 0.2) is 35.5 Å². The summed E-state index contributed by atoms with van der Waals surface area (Å²) in [5, 5.41) is 6.56. The quantitative estimate of drug-likeness (QED) is 0.540. The molecule has 0 saturated carbocycles. The summed E-state index contributed by atoms with van der Waals surface area (Å²) in [6, 6.07) is 5.73. The van der Waals surface area contributed by atoms with Crippen molar-refractivity contribution in [2.75, 3.05) is 30.0 Å². The van der Waals surface area contributed by atoms with E-state index in [0.717, 1.165) is 34.9 Å². The van der Waals surface area contributed by atoms with Gasteiger partial charge in [-0.2, -0.15) is 0 Å². The summed E-state index contributed by atoms with van der Waals surface area (Å²) < 4.78 is 0. The van der Waals surface area contributed by atoms with Gasteiger partial charge < -0.3 is 27.1 Å². The molecule has 1 aliphatic rings. The lowest BCUT2D eigenvalue weighted by Crippen LogP contribution is -2.07. The number of nitrogens with one attached hydrogen (secondary N) is 3. The number of H-pyrrole nitrogens is 1. The van der Waals surface area contributed by atoms with Crippen LogP contribution in [-0.2, 0) is 6.54 Å². The smallest absolute Gasteiger partial charge is 0.150 e. The van der Waals surface area contributed by atoms with E-state index in [9.17, 15) is 0 Å². The van der Waals surface area contributed by atoms with Gasteiger partial charge in [-0.05, 0) is 18.2 Å². The van der Waals surface area contributed by atoms with E-state index in [1.165, 1.54) is 6.20 Å². The maximum atomic E-state index is 6.02. The van der Waals surface area contributed by atoms with Crippen molar-refractivity contribution in [1.29, 1.82) is 0 Å². The van der Waals surface area contributed by atoms with E-state index in [-0.39, 0.29) is 0 Å². The van der Waals surface area contributed by atoms with Gasteiger partial charge in [-0.1, -0.05) is 12.2 Å². The van der Waals surface area contributed by atoms with Crippen LogP contribution in [0.4, 0.5) is 17.3 Å². The van der Waals surface area contributed by atoms with Gasteiger partial charge in [0.25, 0.3) is 0 Å². The van der Waals surface area contributed by atoms with Gasteiger partial charge >= 0.3 is 0 Å². The second-order valence-corrected chi connectivity index (χ2v) is 5.41. The zero-order chi connectivity index (χ0) is 16.9. The van der Waals surface area contributed by atoms with E-state index in [4.69, 9.17) is 11.5 Å². The average Bonchev–Trinajstić information content (AvgIpc) is 3.02. The molecule has 3 heterocycles. The second-order valence-electron chi connectivity index (χ2n) is 5.41. The van der Waals surface area contributed by atoms with E-state index in [2.05, 4.69) is 43.8 Å². The van der Waals surface area contributed by atoms with Gasteiger partial charge in [-0.25, -0.2) is 4.98 Å². The first-order valence-electron chi connectivity index (χ1n) is 7.68. The first-order valence-corrected chi connectivity index (χ1v) is 7.68. The van der Waals surface area contributed by atoms with Crippen LogP contribution in [0.25, 0.3) is 11.6 Å². The highest BCUT2D eigenvalue weighted by molar-refractivity contribution is 6.09. The molecule has 0 atom stereocenters. The number of allylic oxidation sites excluding steroid dienone is 1. The van der Waals surface area contributed by atoms with Crippen LogP contribution < -0.4 is 22.1 Å². The topological polar surface area (TPSA) is 117 Å². The molecule has 24 heavy (non-hydrogen) atoms. The molecule has 2 aromatic heterocycles. The average molecular weight is 323 g/mol. The standard InChI is InChI=1S/C17H21N7/c1-20-9-12(8-18)15-5-4-14(19)17(24-15)22-10-13-7-11-3-2-6-21-16(11)23-13/h2-5,7-9,21,23H,6,10,18-19H2,1H3,(H,22,24). The van der Waals surface area contributed by atoms with Gasteiger partial charge in [0, 0.05) is 42.8 Å². The summed E-state index contributed by atoms with van der Waals surface area (Å²) in [5.41, 5.74) is 15.9. The molecule has 124 valence electrons. The van der Waals surface area contributed by atoms with Gasteiger partial charge in [0.2, 0.25) is 0 Å². The predicted octanol–water partition coefficient (Wildman–Crippen LogP) is 2.04. The number of hydrogen-bond acceptors (Lipinski definition) is 6. The van der Waals surface area contributed by atoms with Crippen molar-refractivity contribution in [3.05, 3.63) is 47.4 Å². The molecule has 0 amide bonds. The Balaban J connectivity index is 1.77. The zero-order valence-corrected chi connectivity index (χ0v) is 13.5. The van der Waals surface area contributed by atoms with Crippen molar-refractivity contribution >= 4 is 35.2 Å². The molecule has 0 radical (unpaired) electrons. The number of nitrogen functional groups attached to an aromatic ring is 1. The Labute approximate surface area is 140 Å². The largest absolute Gasteiger partial charge is 0.404 e. The number of hydrogen-bond donors (Lipinski definition) is 5. The molecule has 1 aliphatic heterocycles. The van der Waals surface area contributed by atoms with Crippen LogP contribution in [0.5, 0.6) is 0 Å². The Morgan fingerprint density at radius 3 is 3.08 bits per heavy atom. The molecule has 7 nitrogen and oxygen atoms in total. The Morgan fingerprint density at radius 1 is 1.46 bits per heavy atom. The predicted molar refractivity (Wildman–Crippen MR) is 101 cm³/mol. The number of rotatable bonds is 5. The van der Waals surface area contributed by atoms with E-state index in [0.29, 0.717) is 18.1 Å². The normalized spacial score (nSPS) is 13.8. The monoisotopic (exact) mass is 323 g/mol. The summed E-state index contributed by atoms with van der Waals surface area (Å²) in [4.78, 5) is 11.9. The molecular weight excluding hydrogens is 302 g/mol.